The van der Waals surface area contributed by atoms with Crippen LogP contribution in [-0.2, 0) is 17.1 Å². The molecule has 0 aromatic carbocycles. The van der Waals surface area contributed by atoms with Gasteiger partial charge in [0.2, 0.25) is 0 Å². The second-order valence-corrected chi connectivity index (χ2v) is 5.68. The van der Waals surface area contributed by atoms with E-state index in [1.807, 2.05) is 0 Å². The van der Waals surface area contributed by atoms with Gasteiger partial charge in [-0.3, -0.25) is 4.68 Å². The summed E-state index contributed by atoms with van der Waals surface area (Å²) in [7, 11) is -0.635. The lowest BCUT2D eigenvalue weighted by atomic mass is 10.7. The minimum absolute atomic E-state index is 0.0169. The molecule has 15 heavy (non-hydrogen) atoms. The summed E-state index contributed by atoms with van der Waals surface area (Å²) in [5.74, 6) is 0.227. The smallest absolute Gasteiger partial charge is 0.255 e. The highest BCUT2D eigenvalue weighted by Crippen LogP contribution is 2.22. The Balaban J connectivity index is 3.17. The van der Waals surface area contributed by atoms with Gasteiger partial charge < -0.3 is 0 Å². The minimum Gasteiger partial charge on any atom is -0.255 e. The average molecular weight is 272 g/mol. The Morgan fingerprint density at radius 3 is 2.60 bits per heavy atom. The van der Waals surface area contributed by atoms with Crippen molar-refractivity contribution < 1.29 is 8.42 Å². The topological polar surface area (TPSA) is 55.2 Å². The molecule has 1 rings (SSSR count). The fraction of sp³-hybridized carbons (Fsp3) is 0.571. The van der Waals surface area contributed by atoms with E-state index in [1.165, 1.54) is 25.0 Å². The first-order valence-electron chi connectivity index (χ1n) is 4.11. The largest absolute Gasteiger partial charge is 0.261 e. The first kappa shape index (κ1) is 12.8. The minimum atomic E-state index is -3.60. The number of halogens is 2. The van der Waals surface area contributed by atoms with Gasteiger partial charge in [-0.05, 0) is 0 Å². The van der Waals surface area contributed by atoms with Crippen molar-refractivity contribution in [3.63, 3.8) is 0 Å². The maximum absolute atomic E-state index is 11.9. The molecule has 0 aliphatic carbocycles. The first-order valence-corrected chi connectivity index (χ1v) is 6.46. The van der Waals surface area contributed by atoms with Crippen LogP contribution in [0, 0.1) is 0 Å². The summed E-state index contributed by atoms with van der Waals surface area (Å²) in [5.41, 5.74) is 0. The van der Waals surface area contributed by atoms with Gasteiger partial charge in [0.05, 0.1) is 11.2 Å². The normalized spacial score (nSPS) is 12.3. The van der Waals surface area contributed by atoms with Crippen molar-refractivity contribution in [2.75, 3.05) is 19.5 Å². The van der Waals surface area contributed by atoms with Crippen LogP contribution in [0.2, 0.25) is 5.02 Å². The van der Waals surface area contributed by atoms with Gasteiger partial charge in [0, 0.05) is 26.5 Å². The highest BCUT2D eigenvalue weighted by Gasteiger charge is 2.26. The summed E-state index contributed by atoms with van der Waals surface area (Å²) < 4.78 is 26.3. The second-order valence-electron chi connectivity index (χ2n) is 2.94. The molecule has 0 aliphatic rings. The number of aromatic nitrogens is 2. The van der Waals surface area contributed by atoms with Crippen LogP contribution in [0.5, 0.6) is 0 Å². The second kappa shape index (κ2) is 4.69. The van der Waals surface area contributed by atoms with Crippen LogP contribution in [-0.4, -0.2) is 42.0 Å². The highest BCUT2D eigenvalue weighted by atomic mass is 35.5. The Morgan fingerprint density at radius 1 is 1.60 bits per heavy atom. The molecular weight excluding hydrogens is 261 g/mol. The Bertz CT molecular complexity index is 424. The molecule has 0 N–H and O–H groups in total. The third-order valence-electron chi connectivity index (χ3n) is 1.90. The van der Waals surface area contributed by atoms with Crippen molar-refractivity contribution in [2.24, 2.45) is 7.05 Å². The summed E-state index contributed by atoms with van der Waals surface area (Å²) in [6.45, 7) is 0.228. The van der Waals surface area contributed by atoms with Gasteiger partial charge >= 0.3 is 0 Å². The quantitative estimate of drug-likeness (QED) is 0.766. The zero-order chi connectivity index (χ0) is 11.6. The molecule has 86 valence electrons. The molecule has 0 unspecified atom stereocenters. The summed E-state index contributed by atoms with van der Waals surface area (Å²) in [6, 6.07) is 0. The first-order chi connectivity index (χ1) is 6.91. The van der Waals surface area contributed by atoms with E-state index < -0.39 is 10.0 Å². The van der Waals surface area contributed by atoms with Crippen LogP contribution < -0.4 is 0 Å². The standard InChI is InChI=1S/C7H11Cl2N3O2S/c1-11(4-3-8)15(13,14)7-6(9)5-10-12(7)2/h5H,3-4H2,1-2H3. The summed E-state index contributed by atoms with van der Waals surface area (Å²) in [5, 5.41) is 3.86. The number of hydrogen-bond acceptors (Lipinski definition) is 3. The van der Waals surface area contributed by atoms with Gasteiger partial charge in [0.25, 0.3) is 10.0 Å². The Kier molecular flexibility index (Phi) is 3.99. The van der Waals surface area contributed by atoms with E-state index in [-0.39, 0.29) is 22.5 Å². The van der Waals surface area contributed by atoms with Crippen LogP contribution in [0.25, 0.3) is 0 Å². The molecule has 1 heterocycles. The molecular formula is C7H11Cl2N3O2S. The lowest BCUT2D eigenvalue weighted by Gasteiger charge is -2.15. The van der Waals surface area contributed by atoms with Crippen molar-refractivity contribution in [3.05, 3.63) is 11.2 Å². The molecule has 0 fully saturated rings. The zero-order valence-electron chi connectivity index (χ0n) is 8.31. The molecule has 0 atom stereocenters. The molecule has 0 amide bonds. The van der Waals surface area contributed by atoms with Gasteiger partial charge in [-0.1, -0.05) is 11.6 Å². The third-order valence-corrected chi connectivity index (χ3v) is 4.43. The van der Waals surface area contributed by atoms with Gasteiger partial charge in [-0.15, -0.1) is 11.6 Å². The molecule has 0 saturated heterocycles. The van der Waals surface area contributed by atoms with Gasteiger partial charge in [0.1, 0.15) is 0 Å². The monoisotopic (exact) mass is 271 g/mol. The van der Waals surface area contributed by atoms with Crippen molar-refractivity contribution >= 4 is 33.2 Å². The maximum atomic E-state index is 11.9. The lowest BCUT2D eigenvalue weighted by molar-refractivity contribution is 0.477. The van der Waals surface area contributed by atoms with E-state index in [0.29, 0.717) is 0 Å². The van der Waals surface area contributed by atoms with Crippen LogP contribution in [0.15, 0.2) is 11.2 Å². The lowest BCUT2D eigenvalue weighted by Crippen LogP contribution is -2.30. The molecule has 5 nitrogen and oxygen atoms in total. The number of rotatable bonds is 4. The Morgan fingerprint density at radius 2 is 2.20 bits per heavy atom. The van der Waals surface area contributed by atoms with Crippen LogP contribution in [0.3, 0.4) is 0 Å². The van der Waals surface area contributed by atoms with Crippen LogP contribution >= 0.6 is 23.2 Å². The summed E-state index contributed by atoms with van der Waals surface area (Å²) in [4.78, 5) is 0. The van der Waals surface area contributed by atoms with Crippen molar-refractivity contribution in [2.45, 2.75) is 5.03 Å². The van der Waals surface area contributed by atoms with Gasteiger partial charge in [0.15, 0.2) is 5.03 Å². The van der Waals surface area contributed by atoms with Crippen LogP contribution in [0.1, 0.15) is 0 Å². The predicted molar refractivity (Wildman–Crippen MR) is 58.8 cm³/mol. The van der Waals surface area contributed by atoms with Gasteiger partial charge in [-0.2, -0.15) is 9.40 Å². The van der Waals surface area contributed by atoms with E-state index in [1.54, 1.807) is 0 Å². The van der Waals surface area contributed by atoms with Gasteiger partial charge in [-0.25, -0.2) is 8.42 Å². The molecule has 0 aliphatic heterocycles. The fourth-order valence-electron chi connectivity index (χ4n) is 1.08. The number of hydrogen-bond donors (Lipinski definition) is 0. The van der Waals surface area contributed by atoms with E-state index in [9.17, 15) is 8.42 Å². The zero-order valence-corrected chi connectivity index (χ0v) is 10.6. The van der Waals surface area contributed by atoms with Crippen molar-refractivity contribution in [3.8, 4) is 0 Å². The summed E-state index contributed by atoms with van der Waals surface area (Å²) in [6.07, 6.45) is 1.29. The molecule has 0 radical (unpaired) electrons. The molecule has 0 spiro atoms. The summed E-state index contributed by atoms with van der Waals surface area (Å²) >= 11 is 11.2. The number of nitrogens with zero attached hydrogens (tertiary/aromatic N) is 3. The number of aryl methyl sites for hydroxylation is 1. The van der Waals surface area contributed by atoms with E-state index >= 15 is 0 Å². The number of sulfonamides is 1. The Labute approximate surface area is 98.6 Å². The van der Waals surface area contributed by atoms with Crippen molar-refractivity contribution in [1.82, 2.24) is 14.1 Å². The SMILES string of the molecule is CN(CCCl)S(=O)(=O)c1c(Cl)cnn1C. The number of alkyl halides is 1. The highest BCUT2D eigenvalue weighted by molar-refractivity contribution is 7.89. The maximum Gasteiger partial charge on any atom is 0.261 e. The molecule has 0 saturated carbocycles. The fourth-order valence-corrected chi connectivity index (χ4v) is 3.20. The molecule has 1 aromatic rings. The van der Waals surface area contributed by atoms with Crippen molar-refractivity contribution in [1.29, 1.82) is 0 Å². The Hall–Kier alpha value is -0.300. The molecule has 1 aromatic heterocycles. The molecule has 8 heteroatoms. The third kappa shape index (κ3) is 2.44. The van der Waals surface area contributed by atoms with E-state index in [4.69, 9.17) is 23.2 Å². The van der Waals surface area contributed by atoms with Crippen LogP contribution in [0.4, 0.5) is 0 Å². The van der Waals surface area contributed by atoms with E-state index in [0.717, 1.165) is 4.31 Å². The molecule has 0 bridgehead atoms. The average Bonchev–Trinajstić information content (AvgIpc) is 2.46. The predicted octanol–water partition coefficient (Wildman–Crippen LogP) is 0.933. The van der Waals surface area contributed by atoms with E-state index in [2.05, 4.69) is 5.10 Å².